The average Bonchev–Trinajstić information content (AvgIpc) is 2.92. The minimum atomic E-state index is -0.203. The van der Waals surface area contributed by atoms with Gasteiger partial charge in [0, 0.05) is 38.3 Å². The van der Waals surface area contributed by atoms with Crippen LogP contribution < -0.4 is 5.32 Å². The van der Waals surface area contributed by atoms with Crippen LogP contribution in [0.15, 0.2) is 12.2 Å². The van der Waals surface area contributed by atoms with Crippen molar-refractivity contribution in [3.63, 3.8) is 0 Å². The first-order valence-corrected chi connectivity index (χ1v) is 8.50. The third-order valence-corrected chi connectivity index (χ3v) is 4.52. The van der Waals surface area contributed by atoms with E-state index in [1.54, 1.807) is 7.11 Å². The van der Waals surface area contributed by atoms with E-state index in [0.717, 1.165) is 25.7 Å². The lowest BCUT2D eigenvalue weighted by atomic mass is 9.85. The van der Waals surface area contributed by atoms with Crippen LogP contribution in [0.2, 0.25) is 0 Å². The molecule has 3 amide bonds. The minimum Gasteiger partial charge on any atom is -0.382 e. The standard InChI is InChI=1S/C17H26N2O5/c1-23-10-11-24-9-8-15(20)18-12-13-2-4-14(5-3-13)19-16(21)6-7-17(19)22/h6-7,13-14H,2-5,8-12H2,1H3,(H,18,20). The molecule has 0 spiro atoms. The second-order valence-corrected chi connectivity index (χ2v) is 6.21. The van der Waals surface area contributed by atoms with E-state index in [-0.39, 0.29) is 23.8 Å². The van der Waals surface area contributed by atoms with Gasteiger partial charge in [-0.3, -0.25) is 19.3 Å². The molecular formula is C17H26N2O5. The van der Waals surface area contributed by atoms with Gasteiger partial charge < -0.3 is 14.8 Å². The molecule has 7 heteroatoms. The Balaban J connectivity index is 1.59. The Kier molecular flexibility index (Phi) is 7.39. The summed E-state index contributed by atoms with van der Waals surface area (Å²) in [6.07, 6.45) is 6.45. The molecule has 2 aliphatic rings. The van der Waals surface area contributed by atoms with Gasteiger partial charge in [0.1, 0.15) is 0 Å². The smallest absolute Gasteiger partial charge is 0.253 e. The molecule has 1 fully saturated rings. The number of nitrogens with zero attached hydrogens (tertiary/aromatic N) is 1. The number of hydrogen-bond donors (Lipinski definition) is 1. The van der Waals surface area contributed by atoms with Gasteiger partial charge in [-0.25, -0.2) is 0 Å². The molecule has 134 valence electrons. The van der Waals surface area contributed by atoms with Crippen molar-refractivity contribution in [2.45, 2.75) is 38.1 Å². The lowest BCUT2D eigenvalue weighted by molar-refractivity contribution is -0.140. The molecule has 0 bridgehead atoms. The highest BCUT2D eigenvalue weighted by molar-refractivity contribution is 6.13. The predicted molar refractivity (Wildman–Crippen MR) is 87.1 cm³/mol. The van der Waals surface area contributed by atoms with E-state index < -0.39 is 0 Å². The molecule has 1 heterocycles. The van der Waals surface area contributed by atoms with Crippen molar-refractivity contribution >= 4 is 17.7 Å². The van der Waals surface area contributed by atoms with E-state index >= 15 is 0 Å². The zero-order chi connectivity index (χ0) is 17.4. The van der Waals surface area contributed by atoms with E-state index in [1.807, 2.05) is 0 Å². The van der Waals surface area contributed by atoms with Crippen LogP contribution in [0, 0.1) is 5.92 Å². The van der Waals surface area contributed by atoms with E-state index in [4.69, 9.17) is 9.47 Å². The van der Waals surface area contributed by atoms with Crippen molar-refractivity contribution in [2.75, 3.05) is 33.5 Å². The third kappa shape index (κ3) is 5.42. The van der Waals surface area contributed by atoms with Gasteiger partial charge in [0.25, 0.3) is 11.8 Å². The van der Waals surface area contributed by atoms with Crippen LogP contribution in [0.3, 0.4) is 0 Å². The molecule has 2 rings (SSSR count). The van der Waals surface area contributed by atoms with E-state index in [1.165, 1.54) is 17.1 Å². The number of amides is 3. The Morgan fingerprint density at radius 3 is 2.42 bits per heavy atom. The summed E-state index contributed by atoms with van der Waals surface area (Å²) in [5.74, 6) is -0.0144. The van der Waals surface area contributed by atoms with Crippen LogP contribution in [0.25, 0.3) is 0 Å². The molecule has 0 atom stereocenters. The first-order valence-electron chi connectivity index (χ1n) is 8.50. The number of hydrogen-bond acceptors (Lipinski definition) is 5. The summed E-state index contributed by atoms with van der Waals surface area (Å²) < 4.78 is 10.1. The highest BCUT2D eigenvalue weighted by Crippen LogP contribution is 2.28. The van der Waals surface area contributed by atoms with Crippen molar-refractivity contribution in [3.05, 3.63) is 12.2 Å². The van der Waals surface area contributed by atoms with Crippen LogP contribution in [0.4, 0.5) is 0 Å². The molecule has 0 aromatic carbocycles. The van der Waals surface area contributed by atoms with Crippen molar-refractivity contribution in [3.8, 4) is 0 Å². The van der Waals surface area contributed by atoms with Gasteiger partial charge in [-0.05, 0) is 31.6 Å². The van der Waals surface area contributed by atoms with E-state index in [2.05, 4.69) is 5.32 Å². The normalized spacial score (nSPS) is 23.8. The summed E-state index contributed by atoms with van der Waals surface area (Å²) in [6.45, 7) is 2.07. The monoisotopic (exact) mass is 338 g/mol. The molecule has 1 saturated carbocycles. The van der Waals surface area contributed by atoms with Crippen molar-refractivity contribution in [2.24, 2.45) is 5.92 Å². The highest BCUT2D eigenvalue weighted by atomic mass is 16.5. The summed E-state index contributed by atoms with van der Waals surface area (Å²) in [5, 5.41) is 2.94. The Labute approximate surface area is 142 Å². The largest absolute Gasteiger partial charge is 0.382 e. The topological polar surface area (TPSA) is 84.9 Å². The summed E-state index contributed by atoms with van der Waals surface area (Å²) in [4.78, 5) is 36.5. The first kappa shape index (κ1) is 18.6. The van der Waals surface area contributed by atoms with Crippen LogP contribution in [0.1, 0.15) is 32.1 Å². The van der Waals surface area contributed by atoms with Gasteiger partial charge in [0.2, 0.25) is 5.91 Å². The zero-order valence-electron chi connectivity index (χ0n) is 14.2. The van der Waals surface area contributed by atoms with Gasteiger partial charge in [0.05, 0.1) is 19.8 Å². The van der Waals surface area contributed by atoms with Crippen LogP contribution >= 0.6 is 0 Å². The lowest BCUT2D eigenvalue weighted by Gasteiger charge is -2.33. The average molecular weight is 338 g/mol. The van der Waals surface area contributed by atoms with Gasteiger partial charge >= 0.3 is 0 Å². The maximum atomic E-state index is 11.7. The Bertz CT molecular complexity index is 465. The van der Waals surface area contributed by atoms with Crippen LogP contribution in [-0.4, -0.2) is 62.1 Å². The molecule has 0 radical (unpaired) electrons. The summed E-state index contributed by atoms with van der Waals surface area (Å²) in [7, 11) is 1.61. The van der Waals surface area contributed by atoms with Crippen molar-refractivity contribution in [1.82, 2.24) is 10.2 Å². The number of nitrogens with one attached hydrogen (secondary N) is 1. The minimum absolute atomic E-state index is 0.00105. The second kappa shape index (κ2) is 9.54. The van der Waals surface area contributed by atoms with Crippen molar-refractivity contribution < 1.29 is 23.9 Å². The SMILES string of the molecule is COCCOCCC(=O)NCC1CCC(N2C(=O)C=CC2=O)CC1. The zero-order valence-corrected chi connectivity index (χ0v) is 14.2. The fourth-order valence-electron chi connectivity index (χ4n) is 3.13. The molecule has 1 aliphatic heterocycles. The molecule has 1 N–H and O–H groups in total. The molecule has 0 unspecified atom stereocenters. The fraction of sp³-hybridized carbons (Fsp3) is 0.706. The maximum absolute atomic E-state index is 11.7. The first-order chi connectivity index (χ1) is 11.6. The molecule has 7 nitrogen and oxygen atoms in total. The van der Waals surface area contributed by atoms with E-state index in [9.17, 15) is 14.4 Å². The summed E-state index contributed by atoms with van der Waals surface area (Å²) >= 11 is 0. The molecule has 1 aliphatic carbocycles. The quantitative estimate of drug-likeness (QED) is 0.493. The second-order valence-electron chi connectivity index (χ2n) is 6.21. The third-order valence-electron chi connectivity index (χ3n) is 4.52. The lowest BCUT2D eigenvalue weighted by Crippen LogP contribution is -2.43. The van der Waals surface area contributed by atoms with Crippen LogP contribution in [-0.2, 0) is 23.9 Å². The highest BCUT2D eigenvalue weighted by Gasteiger charge is 2.33. The predicted octanol–water partition coefficient (Wildman–Crippen LogP) is 0.639. The molecule has 0 saturated heterocycles. The summed E-state index contributed by atoms with van der Waals surface area (Å²) in [6, 6.07) is 0.00105. The number of carbonyl (C=O) groups excluding carboxylic acids is 3. The van der Waals surface area contributed by atoms with Gasteiger partial charge in [0.15, 0.2) is 0 Å². The number of carbonyl (C=O) groups is 3. The van der Waals surface area contributed by atoms with Crippen molar-refractivity contribution in [1.29, 1.82) is 0 Å². The number of methoxy groups -OCH3 is 1. The van der Waals surface area contributed by atoms with Crippen LogP contribution in [0.5, 0.6) is 0 Å². The Morgan fingerprint density at radius 1 is 1.12 bits per heavy atom. The Hall–Kier alpha value is -1.73. The van der Waals surface area contributed by atoms with Gasteiger partial charge in [-0.15, -0.1) is 0 Å². The molecule has 0 aromatic heterocycles. The van der Waals surface area contributed by atoms with Gasteiger partial charge in [-0.2, -0.15) is 0 Å². The van der Waals surface area contributed by atoms with E-state index in [0.29, 0.717) is 38.7 Å². The van der Waals surface area contributed by atoms with Gasteiger partial charge in [-0.1, -0.05) is 0 Å². The number of imide groups is 1. The fourth-order valence-corrected chi connectivity index (χ4v) is 3.13. The maximum Gasteiger partial charge on any atom is 0.253 e. The number of ether oxygens (including phenoxy) is 2. The summed E-state index contributed by atoms with van der Waals surface area (Å²) in [5.41, 5.74) is 0. The molecule has 0 aromatic rings. The molecule has 24 heavy (non-hydrogen) atoms. The molecular weight excluding hydrogens is 312 g/mol. The Morgan fingerprint density at radius 2 is 1.79 bits per heavy atom. The number of rotatable bonds is 9.